The number of aliphatic hydroxyl groups excluding tert-OH is 1. The van der Waals surface area contributed by atoms with Crippen molar-refractivity contribution >= 4 is 22.9 Å². The summed E-state index contributed by atoms with van der Waals surface area (Å²) in [7, 11) is 0. The molecule has 1 aliphatic rings. The fraction of sp³-hybridized carbons (Fsp3) is 0.583. The molecular weight excluding hydrogens is 388 g/mol. The van der Waals surface area contributed by atoms with Gasteiger partial charge in [0.2, 0.25) is 0 Å². The maximum Gasteiger partial charge on any atom is 0.121 e. The van der Waals surface area contributed by atoms with E-state index in [1.165, 1.54) is 30.6 Å². The van der Waals surface area contributed by atoms with E-state index in [2.05, 4.69) is 19.1 Å². The molecule has 1 unspecified atom stereocenters. The Hall–Kier alpha value is -1.03. The SMILES string of the molecule is CC.Cc1cc(Cl)cc(OCC2CC[C@@H](C)[C@@H]2CCCc2ccc(CO)s2)c1. The highest BCUT2D eigenvalue weighted by molar-refractivity contribution is 7.11. The summed E-state index contributed by atoms with van der Waals surface area (Å²) < 4.78 is 6.10. The number of hydrogen-bond donors (Lipinski definition) is 1. The van der Waals surface area contributed by atoms with E-state index in [-0.39, 0.29) is 6.61 Å². The molecule has 0 aliphatic heterocycles. The number of aryl methyl sites for hydroxylation is 2. The zero-order valence-electron chi connectivity index (χ0n) is 17.7. The van der Waals surface area contributed by atoms with Gasteiger partial charge >= 0.3 is 0 Å². The van der Waals surface area contributed by atoms with E-state index in [0.29, 0.717) is 5.92 Å². The second kappa shape index (κ2) is 11.8. The second-order valence-corrected chi connectivity index (χ2v) is 9.36. The predicted molar refractivity (Wildman–Crippen MR) is 122 cm³/mol. The Morgan fingerprint density at radius 2 is 1.89 bits per heavy atom. The first-order valence-electron chi connectivity index (χ1n) is 10.6. The average Bonchev–Trinajstić information content (AvgIpc) is 3.28. The molecule has 1 aromatic carbocycles. The molecule has 1 aliphatic carbocycles. The van der Waals surface area contributed by atoms with Crippen molar-refractivity contribution in [2.24, 2.45) is 17.8 Å². The lowest BCUT2D eigenvalue weighted by molar-refractivity contribution is 0.191. The molecule has 0 radical (unpaired) electrons. The molecule has 4 heteroatoms. The minimum absolute atomic E-state index is 0.159. The number of halogens is 1. The van der Waals surface area contributed by atoms with Gasteiger partial charge in [0.05, 0.1) is 13.2 Å². The monoisotopic (exact) mass is 422 g/mol. The molecule has 2 aromatic rings. The fourth-order valence-electron chi connectivity index (χ4n) is 4.24. The van der Waals surface area contributed by atoms with E-state index in [9.17, 15) is 5.11 Å². The van der Waals surface area contributed by atoms with Crippen molar-refractivity contribution in [3.05, 3.63) is 50.7 Å². The second-order valence-electron chi connectivity index (χ2n) is 7.67. The molecule has 156 valence electrons. The number of rotatable bonds is 8. The third-order valence-corrected chi connectivity index (χ3v) is 6.99. The first-order valence-corrected chi connectivity index (χ1v) is 11.8. The highest BCUT2D eigenvalue weighted by atomic mass is 35.5. The maximum absolute atomic E-state index is 9.19. The quantitative estimate of drug-likeness (QED) is 0.483. The number of ether oxygens (including phenoxy) is 1. The van der Waals surface area contributed by atoms with Gasteiger partial charge in [-0.2, -0.15) is 0 Å². The molecule has 2 nitrogen and oxygen atoms in total. The van der Waals surface area contributed by atoms with E-state index < -0.39 is 0 Å². The van der Waals surface area contributed by atoms with Crippen molar-refractivity contribution < 1.29 is 9.84 Å². The van der Waals surface area contributed by atoms with Crippen LogP contribution in [0.25, 0.3) is 0 Å². The lowest BCUT2D eigenvalue weighted by Gasteiger charge is -2.23. The smallest absolute Gasteiger partial charge is 0.121 e. The van der Waals surface area contributed by atoms with Gasteiger partial charge in [0.15, 0.2) is 0 Å². The summed E-state index contributed by atoms with van der Waals surface area (Å²) in [6, 6.07) is 10.1. The molecular formula is C24H35ClO2S. The highest BCUT2D eigenvalue weighted by Gasteiger charge is 2.33. The van der Waals surface area contributed by atoms with Crippen molar-refractivity contribution in [3.8, 4) is 5.75 Å². The summed E-state index contributed by atoms with van der Waals surface area (Å²) in [6.07, 6.45) is 6.16. The third-order valence-electron chi connectivity index (χ3n) is 5.64. The van der Waals surface area contributed by atoms with Crippen LogP contribution in [-0.2, 0) is 13.0 Å². The average molecular weight is 423 g/mol. The molecule has 1 N–H and O–H groups in total. The minimum Gasteiger partial charge on any atom is -0.493 e. The van der Waals surface area contributed by atoms with Crippen LogP contribution in [0.15, 0.2) is 30.3 Å². The van der Waals surface area contributed by atoms with Crippen molar-refractivity contribution in [1.29, 1.82) is 0 Å². The van der Waals surface area contributed by atoms with Gasteiger partial charge in [0.1, 0.15) is 5.75 Å². The molecule has 1 aromatic heterocycles. The van der Waals surface area contributed by atoms with Crippen LogP contribution in [0.4, 0.5) is 0 Å². The van der Waals surface area contributed by atoms with Crippen LogP contribution in [0.1, 0.15) is 61.8 Å². The molecule has 0 bridgehead atoms. The summed E-state index contributed by atoms with van der Waals surface area (Å²) >= 11 is 7.88. The molecule has 1 heterocycles. The highest BCUT2D eigenvalue weighted by Crippen LogP contribution is 2.40. The van der Waals surface area contributed by atoms with Crippen LogP contribution < -0.4 is 4.74 Å². The molecule has 0 spiro atoms. The van der Waals surface area contributed by atoms with Crippen LogP contribution in [0, 0.1) is 24.7 Å². The maximum atomic E-state index is 9.19. The van der Waals surface area contributed by atoms with Gasteiger partial charge in [-0.3, -0.25) is 0 Å². The normalized spacial score (nSPS) is 21.3. The van der Waals surface area contributed by atoms with Crippen molar-refractivity contribution in [3.63, 3.8) is 0 Å². The fourth-order valence-corrected chi connectivity index (χ4v) is 5.44. The Morgan fingerprint density at radius 3 is 2.57 bits per heavy atom. The number of benzene rings is 1. The summed E-state index contributed by atoms with van der Waals surface area (Å²) in [6.45, 7) is 9.39. The lowest BCUT2D eigenvalue weighted by Crippen LogP contribution is -2.20. The third kappa shape index (κ3) is 6.79. The van der Waals surface area contributed by atoms with Gasteiger partial charge in [-0.25, -0.2) is 0 Å². The van der Waals surface area contributed by atoms with Crippen molar-refractivity contribution in [2.45, 2.75) is 66.4 Å². The van der Waals surface area contributed by atoms with Gasteiger partial charge in [-0.15, -0.1) is 11.3 Å². The van der Waals surface area contributed by atoms with Gasteiger partial charge in [0.25, 0.3) is 0 Å². The van der Waals surface area contributed by atoms with Crippen LogP contribution in [-0.4, -0.2) is 11.7 Å². The standard InChI is InChI=1S/C22H29ClO2S.C2H6/c1-15-10-18(23)12-19(11-15)25-14-17-7-6-16(2)22(17)5-3-4-20-8-9-21(13-24)26-20;1-2/h8-12,16-17,22,24H,3-7,13-14H2,1-2H3;1-2H3/t16-,17?,22+;/m1./s1. The van der Waals surface area contributed by atoms with Crippen molar-refractivity contribution in [1.82, 2.24) is 0 Å². The molecule has 1 saturated carbocycles. The Labute approximate surface area is 179 Å². The van der Waals surface area contributed by atoms with Crippen molar-refractivity contribution in [2.75, 3.05) is 6.61 Å². The molecule has 0 amide bonds. The van der Waals surface area contributed by atoms with E-state index in [1.54, 1.807) is 11.3 Å². The zero-order chi connectivity index (χ0) is 20.5. The van der Waals surface area contributed by atoms with Gasteiger partial charge in [-0.1, -0.05) is 38.8 Å². The van der Waals surface area contributed by atoms with E-state index >= 15 is 0 Å². The Morgan fingerprint density at radius 1 is 1.14 bits per heavy atom. The Balaban J connectivity index is 0.00000136. The summed E-state index contributed by atoms with van der Waals surface area (Å²) in [4.78, 5) is 2.46. The molecule has 1 fully saturated rings. The largest absolute Gasteiger partial charge is 0.493 e. The lowest BCUT2D eigenvalue weighted by atomic mass is 9.86. The van der Waals surface area contributed by atoms with E-state index in [1.807, 2.05) is 39.0 Å². The van der Waals surface area contributed by atoms with Crippen LogP contribution in [0.2, 0.25) is 5.02 Å². The molecule has 3 rings (SSSR count). The van der Waals surface area contributed by atoms with Crippen LogP contribution in [0.5, 0.6) is 5.75 Å². The van der Waals surface area contributed by atoms with Crippen LogP contribution in [0.3, 0.4) is 0 Å². The van der Waals surface area contributed by atoms with E-state index in [0.717, 1.165) is 46.1 Å². The molecule has 28 heavy (non-hydrogen) atoms. The first kappa shape index (κ1) is 23.3. The number of hydrogen-bond acceptors (Lipinski definition) is 3. The summed E-state index contributed by atoms with van der Waals surface area (Å²) in [5.74, 6) is 3.05. The number of aliphatic hydroxyl groups is 1. The first-order chi connectivity index (χ1) is 13.5. The zero-order valence-corrected chi connectivity index (χ0v) is 19.3. The van der Waals surface area contributed by atoms with Crippen LogP contribution >= 0.6 is 22.9 Å². The summed E-state index contributed by atoms with van der Waals surface area (Å²) in [5, 5.41) is 9.94. The van der Waals surface area contributed by atoms with Gasteiger partial charge < -0.3 is 9.84 Å². The Kier molecular flexibility index (Phi) is 9.84. The molecule has 0 saturated heterocycles. The Bertz CT molecular complexity index is 692. The number of thiophene rings is 1. The summed E-state index contributed by atoms with van der Waals surface area (Å²) in [5.41, 5.74) is 1.14. The van der Waals surface area contributed by atoms with Gasteiger partial charge in [-0.05, 0) is 86.3 Å². The predicted octanol–water partition coefficient (Wildman–Crippen LogP) is 7.29. The molecule has 3 atom stereocenters. The van der Waals surface area contributed by atoms with E-state index in [4.69, 9.17) is 16.3 Å². The topological polar surface area (TPSA) is 29.5 Å². The van der Waals surface area contributed by atoms with Gasteiger partial charge in [0, 0.05) is 14.8 Å². The minimum atomic E-state index is 0.159.